The number of aromatic nitrogens is 2. The van der Waals surface area contributed by atoms with Crippen molar-refractivity contribution in [3.63, 3.8) is 0 Å². The molecular formula is C11H18ClN3. The summed E-state index contributed by atoms with van der Waals surface area (Å²) in [4.78, 5) is 8.62. The Labute approximate surface area is 96.3 Å². The van der Waals surface area contributed by atoms with Crippen LogP contribution in [0, 0.1) is 13.8 Å². The van der Waals surface area contributed by atoms with Crippen molar-refractivity contribution in [2.24, 2.45) is 0 Å². The van der Waals surface area contributed by atoms with Crippen LogP contribution in [0.4, 0.5) is 5.82 Å². The summed E-state index contributed by atoms with van der Waals surface area (Å²) in [5.41, 5.74) is 1.95. The number of aryl methyl sites for hydroxylation is 2. The van der Waals surface area contributed by atoms with Gasteiger partial charge < -0.3 is 5.32 Å². The molecule has 0 saturated heterocycles. The van der Waals surface area contributed by atoms with Gasteiger partial charge in [-0.05, 0) is 26.7 Å². The quantitative estimate of drug-likeness (QED) is 0.786. The molecule has 1 heterocycles. The van der Waals surface area contributed by atoms with Gasteiger partial charge in [-0.1, -0.05) is 6.92 Å². The van der Waals surface area contributed by atoms with Crippen LogP contribution in [0.1, 0.15) is 31.2 Å². The molecule has 15 heavy (non-hydrogen) atoms. The maximum absolute atomic E-state index is 6.01. The highest BCUT2D eigenvalue weighted by molar-refractivity contribution is 6.20. The second-order valence-corrected chi connectivity index (χ2v) is 4.26. The molecule has 0 aliphatic rings. The molecule has 0 aromatic carbocycles. The highest BCUT2D eigenvalue weighted by atomic mass is 35.5. The van der Waals surface area contributed by atoms with Crippen LogP contribution in [0.25, 0.3) is 0 Å². The van der Waals surface area contributed by atoms with Crippen LogP contribution in [0.15, 0.2) is 6.20 Å². The lowest BCUT2D eigenvalue weighted by Gasteiger charge is -2.09. The average Bonchev–Trinajstić information content (AvgIpc) is 2.23. The molecule has 3 nitrogen and oxygen atoms in total. The summed E-state index contributed by atoms with van der Waals surface area (Å²) in [6, 6.07) is 0. The molecule has 1 aromatic heterocycles. The van der Waals surface area contributed by atoms with Gasteiger partial charge in [-0.15, -0.1) is 11.6 Å². The largest absolute Gasteiger partial charge is 0.369 e. The Morgan fingerprint density at radius 2 is 2.13 bits per heavy atom. The average molecular weight is 228 g/mol. The predicted octanol–water partition coefficient (Wildman–Crippen LogP) is 2.91. The van der Waals surface area contributed by atoms with Gasteiger partial charge in [0.15, 0.2) is 0 Å². The summed E-state index contributed by atoms with van der Waals surface area (Å²) in [6.07, 6.45) is 3.71. The Bertz CT molecular complexity index is 315. The van der Waals surface area contributed by atoms with Crippen LogP contribution in [0.2, 0.25) is 0 Å². The van der Waals surface area contributed by atoms with Gasteiger partial charge in [0.25, 0.3) is 0 Å². The van der Waals surface area contributed by atoms with Gasteiger partial charge in [0.2, 0.25) is 0 Å². The van der Waals surface area contributed by atoms with E-state index >= 15 is 0 Å². The monoisotopic (exact) mass is 227 g/mol. The zero-order valence-electron chi connectivity index (χ0n) is 9.55. The van der Waals surface area contributed by atoms with E-state index in [4.69, 9.17) is 11.6 Å². The highest BCUT2D eigenvalue weighted by Crippen LogP contribution is 2.08. The summed E-state index contributed by atoms with van der Waals surface area (Å²) in [6.45, 7) is 6.86. The number of alkyl halides is 1. The smallest absolute Gasteiger partial charge is 0.144 e. The first kappa shape index (κ1) is 12.2. The van der Waals surface area contributed by atoms with Crippen LogP contribution in [-0.4, -0.2) is 21.9 Å². The fourth-order valence-electron chi connectivity index (χ4n) is 1.19. The van der Waals surface area contributed by atoms with Gasteiger partial charge in [0.05, 0.1) is 17.6 Å². The van der Waals surface area contributed by atoms with Gasteiger partial charge in [-0.2, -0.15) is 0 Å². The first-order chi connectivity index (χ1) is 7.13. The molecule has 0 bridgehead atoms. The van der Waals surface area contributed by atoms with Gasteiger partial charge in [0, 0.05) is 11.9 Å². The number of anilines is 1. The number of nitrogens with zero attached hydrogens (tertiary/aromatic N) is 2. The van der Waals surface area contributed by atoms with Crippen LogP contribution in [0.3, 0.4) is 0 Å². The molecule has 1 unspecified atom stereocenters. The van der Waals surface area contributed by atoms with Gasteiger partial charge in [-0.25, -0.2) is 4.98 Å². The molecular weight excluding hydrogens is 210 g/mol. The number of hydrogen-bond donors (Lipinski definition) is 1. The molecule has 1 atom stereocenters. The third-order valence-corrected chi connectivity index (χ3v) is 2.93. The van der Waals surface area contributed by atoms with Gasteiger partial charge in [-0.3, -0.25) is 4.98 Å². The molecule has 1 rings (SSSR count). The number of halogens is 1. The Balaban J connectivity index is 2.41. The molecule has 84 valence electrons. The summed E-state index contributed by atoms with van der Waals surface area (Å²) in [7, 11) is 0. The van der Waals surface area contributed by atoms with Crippen LogP contribution < -0.4 is 5.32 Å². The van der Waals surface area contributed by atoms with Crippen molar-refractivity contribution in [2.45, 2.75) is 39.0 Å². The maximum Gasteiger partial charge on any atom is 0.144 e. The van der Waals surface area contributed by atoms with E-state index in [0.717, 1.165) is 36.6 Å². The van der Waals surface area contributed by atoms with E-state index in [1.165, 1.54) is 0 Å². The topological polar surface area (TPSA) is 37.8 Å². The van der Waals surface area contributed by atoms with Crippen molar-refractivity contribution in [1.29, 1.82) is 0 Å². The normalized spacial score (nSPS) is 12.5. The zero-order valence-corrected chi connectivity index (χ0v) is 10.3. The molecule has 0 aliphatic carbocycles. The molecule has 0 radical (unpaired) electrons. The molecule has 1 aromatic rings. The molecule has 0 saturated carbocycles. The first-order valence-electron chi connectivity index (χ1n) is 5.31. The van der Waals surface area contributed by atoms with Crippen molar-refractivity contribution in [1.82, 2.24) is 9.97 Å². The van der Waals surface area contributed by atoms with Crippen molar-refractivity contribution in [3.8, 4) is 0 Å². The van der Waals surface area contributed by atoms with E-state index < -0.39 is 0 Å². The molecule has 0 amide bonds. The lowest BCUT2D eigenvalue weighted by molar-refractivity contribution is 0.751. The minimum absolute atomic E-state index is 0.247. The van der Waals surface area contributed by atoms with Crippen molar-refractivity contribution >= 4 is 17.4 Å². The second kappa shape index (κ2) is 5.91. The Hall–Kier alpha value is -0.830. The molecule has 0 aliphatic heterocycles. The number of nitrogens with one attached hydrogen (secondary N) is 1. The number of hydrogen-bond acceptors (Lipinski definition) is 3. The van der Waals surface area contributed by atoms with Crippen molar-refractivity contribution in [3.05, 3.63) is 17.6 Å². The fourth-order valence-corrected chi connectivity index (χ4v) is 1.30. The summed E-state index contributed by atoms with van der Waals surface area (Å²) in [5, 5.41) is 3.47. The fraction of sp³-hybridized carbons (Fsp3) is 0.636. The van der Waals surface area contributed by atoms with Crippen LogP contribution in [0.5, 0.6) is 0 Å². The highest BCUT2D eigenvalue weighted by Gasteiger charge is 2.02. The lowest BCUT2D eigenvalue weighted by Crippen LogP contribution is -2.10. The zero-order chi connectivity index (χ0) is 11.3. The standard InChI is InChI=1S/C11H18ClN3/c1-4-10(12)5-6-13-11-7-14-8(2)9(3)15-11/h7,10H,4-6H2,1-3H3,(H,13,15). The van der Waals surface area contributed by atoms with E-state index in [1.807, 2.05) is 13.8 Å². The minimum Gasteiger partial charge on any atom is -0.369 e. The Morgan fingerprint density at radius 3 is 2.73 bits per heavy atom. The van der Waals surface area contributed by atoms with E-state index in [-0.39, 0.29) is 5.38 Å². The minimum atomic E-state index is 0.247. The summed E-state index contributed by atoms with van der Waals surface area (Å²) >= 11 is 6.01. The Kier molecular flexibility index (Phi) is 4.82. The predicted molar refractivity (Wildman–Crippen MR) is 64.5 cm³/mol. The van der Waals surface area contributed by atoms with Crippen LogP contribution >= 0.6 is 11.6 Å². The van der Waals surface area contributed by atoms with Crippen molar-refractivity contribution < 1.29 is 0 Å². The Morgan fingerprint density at radius 1 is 1.40 bits per heavy atom. The second-order valence-electron chi connectivity index (χ2n) is 3.65. The van der Waals surface area contributed by atoms with Crippen LogP contribution in [-0.2, 0) is 0 Å². The van der Waals surface area contributed by atoms with E-state index in [2.05, 4.69) is 22.2 Å². The van der Waals surface area contributed by atoms with E-state index in [0.29, 0.717) is 0 Å². The van der Waals surface area contributed by atoms with E-state index in [1.54, 1.807) is 6.20 Å². The molecule has 0 spiro atoms. The first-order valence-corrected chi connectivity index (χ1v) is 5.75. The van der Waals surface area contributed by atoms with Gasteiger partial charge in [0.1, 0.15) is 5.82 Å². The molecule has 4 heteroatoms. The SMILES string of the molecule is CCC(Cl)CCNc1cnc(C)c(C)n1. The molecule has 0 fully saturated rings. The summed E-state index contributed by atoms with van der Waals surface area (Å²) < 4.78 is 0. The lowest BCUT2D eigenvalue weighted by atomic mass is 10.2. The number of rotatable bonds is 5. The van der Waals surface area contributed by atoms with Crippen molar-refractivity contribution in [2.75, 3.05) is 11.9 Å². The maximum atomic E-state index is 6.01. The summed E-state index contributed by atoms with van der Waals surface area (Å²) in [5.74, 6) is 0.832. The van der Waals surface area contributed by atoms with E-state index in [9.17, 15) is 0 Å². The third-order valence-electron chi connectivity index (χ3n) is 2.40. The third kappa shape index (κ3) is 4.04. The molecule has 1 N–H and O–H groups in total. The van der Waals surface area contributed by atoms with Gasteiger partial charge >= 0.3 is 0 Å².